The maximum absolute atomic E-state index is 12.9. The van der Waals surface area contributed by atoms with Crippen LogP contribution in [-0.2, 0) is 23.8 Å². The maximum atomic E-state index is 12.9. The van der Waals surface area contributed by atoms with Gasteiger partial charge in [0.25, 0.3) is 0 Å². The van der Waals surface area contributed by atoms with Gasteiger partial charge in [-0.25, -0.2) is 9.59 Å². The molecule has 5 unspecified atom stereocenters. The lowest BCUT2D eigenvalue weighted by atomic mass is 9.99. The number of rotatable bonds is 14. The van der Waals surface area contributed by atoms with Crippen molar-refractivity contribution in [3.8, 4) is 46.0 Å². The van der Waals surface area contributed by atoms with Gasteiger partial charge >= 0.3 is 11.9 Å². The molecule has 268 valence electrons. The summed E-state index contributed by atoms with van der Waals surface area (Å²) in [5.41, 5.74) is 1.01. The van der Waals surface area contributed by atoms with Crippen LogP contribution < -0.4 is 28.4 Å². The minimum absolute atomic E-state index is 0.0797. The summed E-state index contributed by atoms with van der Waals surface area (Å²) in [4.78, 5) is 25.6. The van der Waals surface area contributed by atoms with E-state index in [0.29, 0.717) is 11.1 Å². The Morgan fingerprint density at radius 1 is 0.700 bits per heavy atom. The van der Waals surface area contributed by atoms with Crippen molar-refractivity contribution >= 4 is 24.1 Å². The minimum atomic E-state index is -1.77. The molecule has 4 rings (SSSR count). The van der Waals surface area contributed by atoms with Gasteiger partial charge in [0.1, 0.15) is 30.7 Å². The summed E-state index contributed by atoms with van der Waals surface area (Å²) in [5, 5.41) is 41.8. The van der Waals surface area contributed by atoms with Gasteiger partial charge in [0.2, 0.25) is 12.0 Å². The molecule has 1 heterocycles. The number of aliphatic hydroxyl groups excluding tert-OH is 2. The number of esters is 2. The van der Waals surface area contributed by atoms with E-state index in [-0.39, 0.29) is 46.0 Å². The minimum Gasteiger partial charge on any atom is -0.504 e. The molecule has 0 saturated carbocycles. The van der Waals surface area contributed by atoms with Gasteiger partial charge in [-0.15, -0.1) is 0 Å². The van der Waals surface area contributed by atoms with Crippen LogP contribution in [-0.4, -0.2) is 105 Å². The Morgan fingerprint density at radius 2 is 1.22 bits per heavy atom. The molecule has 3 aromatic carbocycles. The van der Waals surface area contributed by atoms with Crippen molar-refractivity contribution in [1.29, 1.82) is 0 Å². The molecule has 3 aromatic rings. The highest BCUT2D eigenvalue weighted by atomic mass is 16.7. The van der Waals surface area contributed by atoms with Crippen LogP contribution in [0.4, 0.5) is 0 Å². The summed E-state index contributed by atoms with van der Waals surface area (Å²) in [7, 11) is 6.98. The highest BCUT2D eigenvalue weighted by Crippen LogP contribution is 2.41. The molecule has 0 bridgehead atoms. The first-order chi connectivity index (χ1) is 24.0. The van der Waals surface area contributed by atoms with Crippen LogP contribution in [0.2, 0.25) is 0 Å². The van der Waals surface area contributed by atoms with E-state index in [1.165, 1.54) is 90.2 Å². The molecular formula is C35H38O15. The van der Waals surface area contributed by atoms with Crippen LogP contribution in [0, 0.1) is 0 Å². The van der Waals surface area contributed by atoms with Gasteiger partial charge in [-0.2, -0.15) is 0 Å². The normalized spacial score (nSPS) is 20.3. The van der Waals surface area contributed by atoms with E-state index < -0.39 is 49.3 Å². The van der Waals surface area contributed by atoms with Crippen molar-refractivity contribution in [2.45, 2.75) is 30.7 Å². The van der Waals surface area contributed by atoms with Crippen molar-refractivity contribution in [2.75, 3.05) is 42.2 Å². The molecule has 1 saturated heterocycles. The third-order valence-corrected chi connectivity index (χ3v) is 7.40. The number of hydrogen-bond acceptors (Lipinski definition) is 15. The number of ether oxygens (including phenoxy) is 9. The van der Waals surface area contributed by atoms with Crippen molar-refractivity contribution in [3.63, 3.8) is 0 Å². The van der Waals surface area contributed by atoms with Gasteiger partial charge in [0, 0.05) is 24.3 Å². The fourth-order valence-electron chi connectivity index (χ4n) is 4.85. The molecule has 0 aliphatic carbocycles. The second-order valence-corrected chi connectivity index (χ2v) is 10.6. The Morgan fingerprint density at radius 3 is 1.72 bits per heavy atom. The lowest BCUT2D eigenvalue weighted by Crippen LogP contribution is -2.61. The molecule has 1 aliphatic rings. The zero-order valence-electron chi connectivity index (χ0n) is 27.8. The molecule has 0 aromatic heterocycles. The first-order valence-electron chi connectivity index (χ1n) is 15.0. The first kappa shape index (κ1) is 37.2. The summed E-state index contributed by atoms with van der Waals surface area (Å²) in [6, 6.07) is 11.7. The van der Waals surface area contributed by atoms with E-state index in [0.717, 1.165) is 12.2 Å². The highest BCUT2D eigenvalue weighted by Gasteiger charge is 2.48. The number of phenols is 2. The summed E-state index contributed by atoms with van der Waals surface area (Å²) in [6.07, 6.45) is -2.98. The molecule has 0 radical (unpaired) electrons. The van der Waals surface area contributed by atoms with Crippen molar-refractivity contribution < 1.29 is 72.6 Å². The second-order valence-electron chi connectivity index (χ2n) is 10.6. The van der Waals surface area contributed by atoms with Crippen LogP contribution in [0.5, 0.6) is 46.0 Å². The van der Waals surface area contributed by atoms with Gasteiger partial charge in [0.05, 0.1) is 35.5 Å². The maximum Gasteiger partial charge on any atom is 0.331 e. The number of methoxy groups -OCH3 is 5. The topological polar surface area (TPSA) is 198 Å². The number of phenolic OH excluding ortho intramolecular Hbond substituents is 2. The van der Waals surface area contributed by atoms with E-state index in [9.17, 15) is 30.0 Å². The number of carbonyl (C=O) groups excluding carboxylic acids is 2. The Bertz CT molecular complexity index is 1680. The van der Waals surface area contributed by atoms with E-state index in [1.807, 2.05) is 0 Å². The SMILES string of the molecule is COc1cc(C=CC(=O)OCC2OC(Oc3cc(OC)c(OC)c(OC)c3)C(O)C(O)C2OC(=O)C=Cc2ccc(O)c(OC)c2)ccc1O. The molecule has 15 heteroatoms. The van der Waals surface area contributed by atoms with Gasteiger partial charge in [-0.3, -0.25) is 0 Å². The summed E-state index contributed by atoms with van der Waals surface area (Å²) >= 11 is 0. The fraction of sp³-hybridized carbons (Fsp3) is 0.314. The highest BCUT2D eigenvalue weighted by molar-refractivity contribution is 5.88. The number of hydrogen-bond donors (Lipinski definition) is 4. The standard InChI is InChI=1S/C35H38O15/c1-42-24-14-19(6-10-22(24)36)8-12-29(38)47-18-28-34(50-30(39)13-9-20-7-11-23(37)25(15-20)43-2)31(40)32(41)35(49-28)48-21-16-26(44-3)33(46-5)27(17-21)45-4/h6-17,28,31-32,34-37,40-41H,18H2,1-5H3. The van der Waals surface area contributed by atoms with Gasteiger partial charge in [-0.1, -0.05) is 12.1 Å². The van der Waals surface area contributed by atoms with Gasteiger partial charge < -0.3 is 63.1 Å². The average molecular weight is 699 g/mol. The smallest absolute Gasteiger partial charge is 0.331 e. The van der Waals surface area contributed by atoms with E-state index >= 15 is 0 Å². The summed E-state index contributed by atoms with van der Waals surface area (Å²) in [6.45, 7) is -0.544. The Labute approximate surface area is 287 Å². The molecular weight excluding hydrogens is 660 g/mol. The van der Waals surface area contributed by atoms with Crippen LogP contribution >= 0.6 is 0 Å². The molecule has 4 N–H and O–H groups in total. The van der Waals surface area contributed by atoms with E-state index in [4.69, 9.17) is 42.6 Å². The second kappa shape index (κ2) is 17.1. The van der Waals surface area contributed by atoms with Crippen molar-refractivity contribution in [2.24, 2.45) is 0 Å². The summed E-state index contributed by atoms with van der Waals surface area (Å²) < 4.78 is 48.8. The first-order valence-corrected chi connectivity index (χ1v) is 15.0. The zero-order valence-corrected chi connectivity index (χ0v) is 27.8. The molecule has 50 heavy (non-hydrogen) atoms. The quantitative estimate of drug-likeness (QED) is 0.142. The predicted octanol–water partition coefficient (Wildman–Crippen LogP) is 2.85. The largest absolute Gasteiger partial charge is 0.504 e. The number of benzene rings is 3. The van der Waals surface area contributed by atoms with Crippen molar-refractivity contribution in [1.82, 2.24) is 0 Å². The fourth-order valence-corrected chi connectivity index (χ4v) is 4.85. The number of aliphatic hydroxyl groups is 2. The lowest BCUT2D eigenvalue weighted by Gasteiger charge is -2.41. The van der Waals surface area contributed by atoms with Crippen LogP contribution in [0.15, 0.2) is 60.7 Å². The molecule has 5 atom stereocenters. The third kappa shape index (κ3) is 9.07. The molecule has 15 nitrogen and oxygen atoms in total. The lowest BCUT2D eigenvalue weighted by molar-refractivity contribution is -0.281. The molecule has 1 fully saturated rings. The van der Waals surface area contributed by atoms with Crippen LogP contribution in [0.3, 0.4) is 0 Å². The Hall–Kier alpha value is -5.64. The van der Waals surface area contributed by atoms with Crippen LogP contribution in [0.25, 0.3) is 12.2 Å². The molecule has 0 amide bonds. The molecule has 1 aliphatic heterocycles. The third-order valence-electron chi connectivity index (χ3n) is 7.40. The van der Waals surface area contributed by atoms with E-state index in [1.54, 1.807) is 6.07 Å². The number of carbonyl (C=O) groups is 2. The molecule has 0 spiro atoms. The van der Waals surface area contributed by atoms with Crippen LogP contribution in [0.1, 0.15) is 11.1 Å². The predicted molar refractivity (Wildman–Crippen MR) is 176 cm³/mol. The summed E-state index contributed by atoms with van der Waals surface area (Å²) in [5.74, 6) is -0.701. The monoisotopic (exact) mass is 698 g/mol. The average Bonchev–Trinajstić information content (AvgIpc) is 3.12. The van der Waals surface area contributed by atoms with Crippen molar-refractivity contribution in [3.05, 3.63) is 71.8 Å². The Balaban J connectivity index is 1.54. The number of aromatic hydroxyl groups is 2. The zero-order chi connectivity index (χ0) is 36.4. The van der Waals surface area contributed by atoms with E-state index in [2.05, 4.69) is 0 Å². The Kier molecular flexibility index (Phi) is 12.8. The van der Waals surface area contributed by atoms with Gasteiger partial charge in [-0.05, 0) is 47.5 Å². The van der Waals surface area contributed by atoms with Gasteiger partial charge in [0.15, 0.2) is 40.6 Å².